The highest BCUT2D eigenvalue weighted by Crippen LogP contribution is 2.26. The Morgan fingerprint density at radius 2 is 1.58 bits per heavy atom. The lowest BCUT2D eigenvalue weighted by atomic mass is 10.0. The third kappa shape index (κ3) is 5.96. The molecule has 4 nitrogen and oxygen atoms in total. The molecule has 160 valence electrons. The molecule has 0 unspecified atom stereocenters. The van der Waals surface area contributed by atoms with E-state index < -0.39 is 0 Å². The van der Waals surface area contributed by atoms with Crippen LogP contribution < -0.4 is 10.2 Å². The Kier molecular flexibility index (Phi) is 8.84. The van der Waals surface area contributed by atoms with Gasteiger partial charge >= 0.3 is 0 Å². The summed E-state index contributed by atoms with van der Waals surface area (Å²) in [6, 6.07) is 23.4. The Bertz CT molecular complexity index is 1040. The number of anilines is 2. The van der Waals surface area contributed by atoms with Crippen LogP contribution in [-0.4, -0.2) is 19.0 Å². The predicted octanol–water partition coefficient (Wildman–Crippen LogP) is 6.66. The monoisotopic (exact) mass is 413 g/mol. The van der Waals surface area contributed by atoms with Gasteiger partial charge in [0.05, 0.1) is 11.3 Å². The lowest BCUT2D eigenvalue weighted by Crippen LogP contribution is -2.22. The van der Waals surface area contributed by atoms with Crippen molar-refractivity contribution in [2.45, 2.75) is 34.6 Å². The Hall–Kier alpha value is -3.58. The van der Waals surface area contributed by atoms with Crippen molar-refractivity contribution in [1.29, 1.82) is 5.26 Å². The summed E-state index contributed by atoms with van der Waals surface area (Å²) in [7, 11) is 0. The van der Waals surface area contributed by atoms with Gasteiger partial charge in [-0.3, -0.25) is 4.79 Å². The van der Waals surface area contributed by atoms with Crippen LogP contribution in [0.25, 0.3) is 11.1 Å². The van der Waals surface area contributed by atoms with E-state index in [9.17, 15) is 10.1 Å². The van der Waals surface area contributed by atoms with Crippen LogP contribution in [0.2, 0.25) is 0 Å². The molecule has 0 fully saturated rings. The fraction of sp³-hybridized carbons (Fsp3) is 0.259. The minimum absolute atomic E-state index is 0.225. The van der Waals surface area contributed by atoms with E-state index in [0.29, 0.717) is 16.8 Å². The number of amides is 1. The molecule has 1 amide bonds. The molecule has 3 aromatic carbocycles. The van der Waals surface area contributed by atoms with Gasteiger partial charge < -0.3 is 10.2 Å². The van der Waals surface area contributed by atoms with Crippen molar-refractivity contribution in [1.82, 2.24) is 0 Å². The number of rotatable bonds is 6. The van der Waals surface area contributed by atoms with E-state index in [2.05, 4.69) is 30.1 Å². The summed E-state index contributed by atoms with van der Waals surface area (Å²) >= 11 is 0. The number of benzene rings is 3. The highest BCUT2D eigenvalue weighted by molar-refractivity contribution is 6.05. The van der Waals surface area contributed by atoms with Gasteiger partial charge in [-0.15, -0.1) is 0 Å². The second-order valence-electron chi connectivity index (χ2n) is 6.91. The molecule has 31 heavy (non-hydrogen) atoms. The van der Waals surface area contributed by atoms with Gasteiger partial charge in [-0.2, -0.15) is 5.26 Å². The van der Waals surface area contributed by atoms with Gasteiger partial charge in [0.2, 0.25) is 0 Å². The molecule has 0 saturated carbocycles. The van der Waals surface area contributed by atoms with Crippen LogP contribution in [0.3, 0.4) is 0 Å². The second kappa shape index (κ2) is 11.6. The third-order valence-electron chi connectivity index (χ3n) is 5.01. The molecule has 1 N–H and O–H groups in total. The van der Waals surface area contributed by atoms with Crippen molar-refractivity contribution in [3.63, 3.8) is 0 Å². The van der Waals surface area contributed by atoms with E-state index in [1.807, 2.05) is 75.4 Å². The topological polar surface area (TPSA) is 56.1 Å². The summed E-state index contributed by atoms with van der Waals surface area (Å²) in [5.74, 6) is -0.225. The zero-order valence-electron chi connectivity index (χ0n) is 19.1. The van der Waals surface area contributed by atoms with Crippen molar-refractivity contribution >= 4 is 17.3 Å². The summed E-state index contributed by atoms with van der Waals surface area (Å²) in [6.45, 7) is 12.0. The molecule has 0 aliphatic carbocycles. The summed E-state index contributed by atoms with van der Waals surface area (Å²) in [5.41, 5.74) is 5.72. The number of nitriles is 1. The van der Waals surface area contributed by atoms with Crippen molar-refractivity contribution in [2.24, 2.45) is 0 Å². The van der Waals surface area contributed by atoms with E-state index in [1.165, 1.54) is 5.56 Å². The molecule has 0 saturated heterocycles. The SMILES string of the molecule is CC.CCN(CC)c1cccc(C(=O)Nc2cc(-c3ccc(C)cc3)ccc2C#N)c1. The Morgan fingerprint density at radius 1 is 0.935 bits per heavy atom. The number of hydrogen-bond donors (Lipinski definition) is 1. The molecular weight excluding hydrogens is 382 g/mol. The molecule has 3 rings (SSSR count). The first kappa shape index (κ1) is 23.7. The smallest absolute Gasteiger partial charge is 0.255 e. The highest BCUT2D eigenvalue weighted by Gasteiger charge is 2.12. The molecule has 0 bridgehead atoms. The maximum Gasteiger partial charge on any atom is 0.255 e. The quantitative estimate of drug-likeness (QED) is 0.492. The van der Waals surface area contributed by atoms with Crippen LogP contribution in [0.4, 0.5) is 11.4 Å². The van der Waals surface area contributed by atoms with Gasteiger partial charge in [-0.05, 0) is 62.2 Å². The van der Waals surface area contributed by atoms with Gasteiger partial charge in [0.25, 0.3) is 5.91 Å². The Labute approximate surface area is 186 Å². The van der Waals surface area contributed by atoms with E-state index in [1.54, 1.807) is 12.1 Å². The molecule has 0 atom stereocenters. The fourth-order valence-corrected chi connectivity index (χ4v) is 3.30. The molecule has 4 heteroatoms. The molecule has 0 radical (unpaired) electrons. The third-order valence-corrected chi connectivity index (χ3v) is 5.01. The number of nitrogens with zero attached hydrogens (tertiary/aromatic N) is 2. The molecule has 0 aromatic heterocycles. The lowest BCUT2D eigenvalue weighted by molar-refractivity contribution is 0.102. The van der Waals surface area contributed by atoms with E-state index in [4.69, 9.17) is 0 Å². The minimum atomic E-state index is -0.225. The van der Waals surface area contributed by atoms with Crippen LogP contribution in [-0.2, 0) is 0 Å². The zero-order chi connectivity index (χ0) is 22.8. The Morgan fingerprint density at radius 3 is 2.19 bits per heavy atom. The van der Waals surface area contributed by atoms with E-state index in [0.717, 1.165) is 29.9 Å². The zero-order valence-corrected chi connectivity index (χ0v) is 19.1. The van der Waals surface area contributed by atoms with Gasteiger partial charge in [-0.25, -0.2) is 0 Å². The van der Waals surface area contributed by atoms with Crippen molar-refractivity contribution in [3.8, 4) is 17.2 Å². The van der Waals surface area contributed by atoms with Gasteiger partial charge in [-0.1, -0.05) is 55.8 Å². The van der Waals surface area contributed by atoms with Gasteiger partial charge in [0, 0.05) is 24.3 Å². The lowest BCUT2D eigenvalue weighted by Gasteiger charge is -2.21. The summed E-state index contributed by atoms with van der Waals surface area (Å²) in [4.78, 5) is 15.1. The average Bonchev–Trinajstić information content (AvgIpc) is 2.82. The van der Waals surface area contributed by atoms with Crippen LogP contribution >= 0.6 is 0 Å². The van der Waals surface area contributed by atoms with Crippen LogP contribution in [0.15, 0.2) is 66.7 Å². The molecule has 0 heterocycles. The molecule has 0 spiro atoms. The first-order valence-electron chi connectivity index (χ1n) is 10.8. The molecular formula is C27H31N3O. The van der Waals surface area contributed by atoms with Crippen molar-refractivity contribution < 1.29 is 4.79 Å². The molecule has 3 aromatic rings. The first-order valence-corrected chi connectivity index (χ1v) is 10.8. The normalized spacial score (nSPS) is 9.81. The van der Waals surface area contributed by atoms with Gasteiger partial charge in [0.15, 0.2) is 0 Å². The number of aryl methyl sites for hydroxylation is 1. The maximum atomic E-state index is 12.9. The maximum absolute atomic E-state index is 12.9. The van der Waals surface area contributed by atoms with Crippen molar-refractivity contribution in [3.05, 3.63) is 83.4 Å². The Balaban J connectivity index is 0.00000166. The van der Waals surface area contributed by atoms with Crippen molar-refractivity contribution in [2.75, 3.05) is 23.3 Å². The number of carbonyl (C=O) groups excluding carboxylic acids is 1. The van der Waals surface area contributed by atoms with Crippen LogP contribution in [0.5, 0.6) is 0 Å². The van der Waals surface area contributed by atoms with Crippen LogP contribution in [0, 0.1) is 18.3 Å². The summed E-state index contributed by atoms with van der Waals surface area (Å²) < 4.78 is 0. The fourth-order valence-electron chi connectivity index (χ4n) is 3.30. The first-order chi connectivity index (χ1) is 15.0. The van der Waals surface area contributed by atoms with Gasteiger partial charge in [0.1, 0.15) is 6.07 Å². The van der Waals surface area contributed by atoms with E-state index >= 15 is 0 Å². The second-order valence-corrected chi connectivity index (χ2v) is 6.91. The summed E-state index contributed by atoms with van der Waals surface area (Å²) in [5, 5.41) is 12.4. The number of hydrogen-bond acceptors (Lipinski definition) is 3. The standard InChI is InChI=1S/C25H25N3O.C2H6/c1-4-28(5-2)23-8-6-7-21(15-23)25(29)27-24-16-20(13-14-22(24)17-26)19-11-9-18(3)10-12-19;1-2/h6-16H,4-5H2,1-3H3,(H,27,29);1-2H3. The largest absolute Gasteiger partial charge is 0.372 e. The molecule has 0 aliphatic heterocycles. The number of carbonyl (C=O) groups is 1. The minimum Gasteiger partial charge on any atom is -0.372 e. The highest BCUT2D eigenvalue weighted by atomic mass is 16.1. The van der Waals surface area contributed by atoms with E-state index in [-0.39, 0.29) is 5.91 Å². The predicted molar refractivity (Wildman–Crippen MR) is 131 cm³/mol. The number of nitrogens with one attached hydrogen (secondary N) is 1. The molecule has 0 aliphatic rings. The van der Waals surface area contributed by atoms with Crippen LogP contribution in [0.1, 0.15) is 49.2 Å². The average molecular weight is 414 g/mol. The summed E-state index contributed by atoms with van der Waals surface area (Å²) in [6.07, 6.45) is 0.